The van der Waals surface area contributed by atoms with Crippen molar-refractivity contribution in [3.05, 3.63) is 51.2 Å². The Morgan fingerprint density at radius 3 is 2.86 bits per heavy atom. The molecule has 1 atom stereocenters. The summed E-state index contributed by atoms with van der Waals surface area (Å²) in [7, 11) is 0. The molecular formula is C16H18BrClN2O. The van der Waals surface area contributed by atoms with Crippen molar-refractivity contribution in [3.8, 4) is 0 Å². The van der Waals surface area contributed by atoms with Gasteiger partial charge in [-0.2, -0.15) is 5.10 Å². The molecule has 1 heterocycles. The van der Waals surface area contributed by atoms with Crippen LogP contribution in [0, 0.1) is 0 Å². The molecule has 1 unspecified atom stereocenters. The second-order valence-corrected chi connectivity index (χ2v) is 6.90. The molecule has 1 aliphatic carbocycles. The quantitative estimate of drug-likeness (QED) is 0.849. The summed E-state index contributed by atoms with van der Waals surface area (Å²) in [5, 5.41) is 15.7. The van der Waals surface area contributed by atoms with Crippen LogP contribution >= 0.6 is 27.5 Å². The van der Waals surface area contributed by atoms with Crippen LogP contribution in [-0.4, -0.2) is 14.9 Å². The number of aliphatic hydroxyl groups is 1. The van der Waals surface area contributed by atoms with E-state index in [9.17, 15) is 5.11 Å². The average molecular weight is 370 g/mol. The van der Waals surface area contributed by atoms with Gasteiger partial charge in [0.25, 0.3) is 0 Å². The Balaban J connectivity index is 1.72. The molecule has 1 aliphatic rings. The Bertz CT molecular complexity index is 622. The van der Waals surface area contributed by atoms with E-state index < -0.39 is 6.10 Å². The zero-order valence-electron chi connectivity index (χ0n) is 11.7. The predicted molar refractivity (Wildman–Crippen MR) is 87.5 cm³/mol. The van der Waals surface area contributed by atoms with Gasteiger partial charge in [-0.15, -0.1) is 0 Å². The Kier molecular flexibility index (Phi) is 4.67. The van der Waals surface area contributed by atoms with Gasteiger partial charge in [-0.3, -0.25) is 4.68 Å². The Labute approximate surface area is 138 Å². The zero-order valence-corrected chi connectivity index (χ0v) is 14.0. The maximum Gasteiger partial charge on any atom is 0.0857 e. The van der Waals surface area contributed by atoms with Crippen molar-refractivity contribution in [2.75, 3.05) is 0 Å². The van der Waals surface area contributed by atoms with Crippen molar-refractivity contribution in [2.45, 2.75) is 44.2 Å². The molecule has 21 heavy (non-hydrogen) atoms. The highest BCUT2D eigenvalue weighted by Gasteiger charge is 2.19. The Morgan fingerprint density at radius 1 is 1.33 bits per heavy atom. The standard InChI is InChI=1S/C16H18BrClN2O/c17-15-6-5-11(18)9-14(15)16(21)10-12-7-8-20(19-12)13-3-1-2-4-13/h5-9,13,16,21H,1-4,10H2. The number of benzene rings is 1. The van der Waals surface area contributed by atoms with Gasteiger partial charge < -0.3 is 5.11 Å². The first-order valence-corrected chi connectivity index (χ1v) is 8.47. The molecule has 3 nitrogen and oxygen atoms in total. The Morgan fingerprint density at radius 2 is 2.10 bits per heavy atom. The minimum absolute atomic E-state index is 0.499. The van der Waals surface area contributed by atoms with E-state index in [0.29, 0.717) is 17.5 Å². The molecule has 1 fully saturated rings. The maximum absolute atomic E-state index is 10.4. The summed E-state index contributed by atoms with van der Waals surface area (Å²) < 4.78 is 2.93. The van der Waals surface area contributed by atoms with Crippen molar-refractivity contribution >= 4 is 27.5 Å². The van der Waals surface area contributed by atoms with E-state index in [-0.39, 0.29) is 0 Å². The fourth-order valence-electron chi connectivity index (χ4n) is 2.94. The molecule has 5 heteroatoms. The lowest BCUT2D eigenvalue weighted by Gasteiger charge is -2.12. The second-order valence-electron chi connectivity index (χ2n) is 5.61. The average Bonchev–Trinajstić information content (AvgIpc) is 3.11. The molecule has 1 aromatic carbocycles. The van der Waals surface area contributed by atoms with Crippen LogP contribution in [0.2, 0.25) is 5.02 Å². The lowest BCUT2D eigenvalue weighted by atomic mass is 10.1. The van der Waals surface area contributed by atoms with E-state index in [2.05, 4.69) is 25.7 Å². The SMILES string of the molecule is OC(Cc1ccn(C2CCCC2)n1)c1cc(Cl)ccc1Br. The third-order valence-corrected chi connectivity index (χ3v) is 5.04. The number of rotatable bonds is 4. The summed E-state index contributed by atoms with van der Waals surface area (Å²) in [6, 6.07) is 7.99. The lowest BCUT2D eigenvalue weighted by Crippen LogP contribution is -2.07. The highest BCUT2D eigenvalue weighted by atomic mass is 79.9. The van der Waals surface area contributed by atoms with E-state index in [1.807, 2.05) is 18.3 Å². The van der Waals surface area contributed by atoms with Crippen LogP contribution < -0.4 is 0 Å². The molecule has 0 radical (unpaired) electrons. The van der Waals surface area contributed by atoms with Crippen molar-refractivity contribution in [2.24, 2.45) is 0 Å². The minimum Gasteiger partial charge on any atom is -0.388 e. The van der Waals surface area contributed by atoms with Crippen molar-refractivity contribution in [3.63, 3.8) is 0 Å². The second kappa shape index (κ2) is 6.51. The topological polar surface area (TPSA) is 38.0 Å². The number of hydrogen-bond acceptors (Lipinski definition) is 2. The van der Waals surface area contributed by atoms with Crippen LogP contribution in [0.5, 0.6) is 0 Å². The monoisotopic (exact) mass is 368 g/mol. The summed E-state index contributed by atoms with van der Waals surface area (Å²) >= 11 is 9.46. The van der Waals surface area contributed by atoms with Crippen molar-refractivity contribution in [1.29, 1.82) is 0 Å². The van der Waals surface area contributed by atoms with Gasteiger partial charge in [-0.25, -0.2) is 0 Å². The lowest BCUT2D eigenvalue weighted by molar-refractivity contribution is 0.176. The van der Waals surface area contributed by atoms with Crippen LogP contribution in [0.15, 0.2) is 34.9 Å². The summed E-state index contributed by atoms with van der Waals surface area (Å²) in [6.07, 6.45) is 6.93. The zero-order chi connectivity index (χ0) is 14.8. The fraction of sp³-hybridized carbons (Fsp3) is 0.438. The molecule has 1 N–H and O–H groups in total. The first-order chi connectivity index (χ1) is 10.1. The van der Waals surface area contributed by atoms with Crippen LogP contribution in [0.1, 0.15) is 49.1 Å². The molecule has 112 valence electrons. The van der Waals surface area contributed by atoms with Gasteiger partial charge in [0.2, 0.25) is 0 Å². The number of nitrogens with zero attached hydrogens (tertiary/aromatic N) is 2. The van der Waals surface area contributed by atoms with Gasteiger partial charge in [0.05, 0.1) is 17.8 Å². The van der Waals surface area contributed by atoms with Gasteiger partial charge in [-0.1, -0.05) is 40.4 Å². The van der Waals surface area contributed by atoms with Crippen LogP contribution in [0.4, 0.5) is 0 Å². The minimum atomic E-state index is -0.606. The third kappa shape index (κ3) is 3.50. The highest BCUT2D eigenvalue weighted by molar-refractivity contribution is 9.10. The van der Waals surface area contributed by atoms with Crippen LogP contribution in [0.25, 0.3) is 0 Å². The van der Waals surface area contributed by atoms with Gasteiger partial charge in [-0.05, 0) is 42.7 Å². The van der Waals surface area contributed by atoms with E-state index in [0.717, 1.165) is 15.7 Å². The fourth-order valence-corrected chi connectivity index (χ4v) is 3.63. The maximum atomic E-state index is 10.4. The Hall–Kier alpha value is -0.840. The number of aromatic nitrogens is 2. The third-order valence-electron chi connectivity index (χ3n) is 4.08. The van der Waals surface area contributed by atoms with E-state index >= 15 is 0 Å². The molecule has 1 aromatic heterocycles. The smallest absolute Gasteiger partial charge is 0.0857 e. The van der Waals surface area contributed by atoms with Crippen molar-refractivity contribution < 1.29 is 5.11 Å². The molecule has 0 spiro atoms. The number of aliphatic hydroxyl groups excluding tert-OH is 1. The van der Waals surface area contributed by atoms with E-state index in [1.54, 1.807) is 12.1 Å². The summed E-state index contributed by atoms with van der Waals surface area (Å²) in [5.74, 6) is 0. The largest absolute Gasteiger partial charge is 0.388 e. The van der Waals surface area contributed by atoms with Gasteiger partial charge in [0.15, 0.2) is 0 Å². The van der Waals surface area contributed by atoms with Gasteiger partial charge >= 0.3 is 0 Å². The highest BCUT2D eigenvalue weighted by Crippen LogP contribution is 2.30. The molecule has 0 saturated heterocycles. The number of hydrogen-bond donors (Lipinski definition) is 1. The van der Waals surface area contributed by atoms with Crippen molar-refractivity contribution in [1.82, 2.24) is 9.78 Å². The first-order valence-electron chi connectivity index (χ1n) is 7.30. The normalized spacial score (nSPS) is 17.3. The number of halogens is 2. The predicted octanol–water partition coefficient (Wildman–Crippen LogP) is 4.69. The molecule has 0 amide bonds. The van der Waals surface area contributed by atoms with E-state index in [1.165, 1.54) is 25.7 Å². The molecule has 0 aliphatic heterocycles. The van der Waals surface area contributed by atoms with Gasteiger partial charge in [0.1, 0.15) is 0 Å². The molecule has 2 aromatic rings. The summed E-state index contributed by atoms with van der Waals surface area (Å²) in [4.78, 5) is 0. The van der Waals surface area contributed by atoms with E-state index in [4.69, 9.17) is 11.6 Å². The molecule has 0 bridgehead atoms. The van der Waals surface area contributed by atoms with Crippen LogP contribution in [-0.2, 0) is 6.42 Å². The summed E-state index contributed by atoms with van der Waals surface area (Å²) in [5.41, 5.74) is 1.72. The molecule has 1 saturated carbocycles. The summed E-state index contributed by atoms with van der Waals surface area (Å²) in [6.45, 7) is 0. The van der Waals surface area contributed by atoms with Crippen LogP contribution in [0.3, 0.4) is 0 Å². The van der Waals surface area contributed by atoms with Gasteiger partial charge in [0, 0.05) is 22.1 Å². The molecular weight excluding hydrogens is 352 g/mol. The molecule has 3 rings (SSSR count). The first kappa shape index (κ1) is 15.1.